The van der Waals surface area contributed by atoms with Crippen molar-refractivity contribution >= 4 is 11.6 Å². The number of halogens is 1. The first-order chi connectivity index (χ1) is 8.72. The van der Waals surface area contributed by atoms with Crippen molar-refractivity contribution in [2.45, 2.75) is 26.1 Å². The third kappa shape index (κ3) is 3.02. The number of pyridine rings is 1. The van der Waals surface area contributed by atoms with Crippen molar-refractivity contribution in [3.05, 3.63) is 53.3 Å². The molecule has 1 aromatic heterocycles. The molecule has 0 bridgehead atoms. The van der Waals surface area contributed by atoms with E-state index in [0.29, 0.717) is 5.88 Å². The van der Waals surface area contributed by atoms with E-state index in [0.717, 1.165) is 34.9 Å². The van der Waals surface area contributed by atoms with Gasteiger partial charge < -0.3 is 4.74 Å². The van der Waals surface area contributed by atoms with Gasteiger partial charge in [-0.15, -0.1) is 11.6 Å². The molecule has 0 amide bonds. The van der Waals surface area contributed by atoms with E-state index in [4.69, 9.17) is 16.3 Å². The van der Waals surface area contributed by atoms with Crippen molar-refractivity contribution in [3.63, 3.8) is 0 Å². The average molecular weight is 262 g/mol. The van der Waals surface area contributed by atoms with Gasteiger partial charge in [0.05, 0.1) is 5.69 Å². The van der Waals surface area contributed by atoms with Crippen LogP contribution in [0.4, 0.5) is 0 Å². The molecule has 1 heterocycles. The van der Waals surface area contributed by atoms with Crippen LogP contribution in [-0.4, -0.2) is 4.98 Å². The molecule has 0 N–H and O–H groups in total. The SMILES string of the molecule is CCc1nc(C)ccc1Oc1cccc(CCl)c1. The standard InChI is InChI=1S/C15H16ClNO/c1-3-14-15(8-7-11(2)17-14)18-13-6-4-5-12(9-13)10-16/h4-9H,3,10H2,1-2H3. The lowest BCUT2D eigenvalue weighted by Crippen LogP contribution is -1.95. The lowest BCUT2D eigenvalue weighted by molar-refractivity contribution is 0.472. The van der Waals surface area contributed by atoms with Gasteiger partial charge in [0.25, 0.3) is 0 Å². The maximum absolute atomic E-state index is 5.88. The van der Waals surface area contributed by atoms with Gasteiger partial charge >= 0.3 is 0 Å². The van der Waals surface area contributed by atoms with Crippen molar-refractivity contribution in [1.29, 1.82) is 0 Å². The Kier molecular flexibility index (Phi) is 4.21. The third-order valence-corrected chi connectivity index (χ3v) is 3.00. The van der Waals surface area contributed by atoms with Crippen LogP contribution in [-0.2, 0) is 12.3 Å². The van der Waals surface area contributed by atoms with Gasteiger partial charge in [0.2, 0.25) is 0 Å². The molecule has 2 rings (SSSR count). The van der Waals surface area contributed by atoms with Crippen molar-refractivity contribution < 1.29 is 4.74 Å². The maximum Gasteiger partial charge on any atom is 0.148 e. The average Bonchev–Trinajstić information content (AvgIpc) is 2.41. The summed E-state index contributed by atoms with van der Waals surface area (Å²) in [4.78, 5) is 4.48. The number of ether oxygens (including phenoxy) is 1. The summed E-state index contributed by atoms with van der Waals surface area (Å²) in [5, 5.41) is 0. The van der Waals surface area contributed by atoms with E-state index in [1.54, 1.807) is 0 Å². The number of hydrogen-bond acceptors (Lipinski definition) is 2. The molecule has 0 saturated heterocycles. The fourth-order valence-electron chi connectivity index (χ4n) is 1.76. The summed E-state index contributed by atoms with van der Waals surface area (Å²) in [6.07, 6.45) is 0.853. The van der Waals surface area contributed by atoms with Crippen molar-refractivity contribution in [2.24, 2.45) is 0 Å². The molecule has 0 fully saturated rings. The molecule has 18 heavy (non-hydrogen) atoms. The molecule has 0 aliphatic heterocycles. The van der Waals surface area contributed by atoms with Crippen LogP contribution in [0.15, 0.2) is 36.4 Å². The van der Waals surface area contributed by atoms with Crippen LogP contribution in [0.1, 0.15) is 23.9 Å². The molecular weight excluding hydrogens is 246 g/mol. The minimum absolute atomic E-state index is 0.490. The lowest BCUT2D eigenvalue weighted by Gasteiger charge is -2.10. The summed E-state index contributed by atoms with van der Waals surface area (Å²) in [5.41, 5.74) is 3.03. The molecule has 2 aromatic rings. The van der Waals surface area contributed by atoms with E-state index < -0.39 is 0 Å². The van der Waals surface area contributed by atoms with Gasteiger partial charge in [-0.05, 0) is 43.2 Å². The fraction of sp³-hybridized carbons (Fsp3) is 0.267. The molecule has 3 heteroatoms. The van der Waals surface area contributed by atoms with Gasteiger partial charge in [-0.1, -0.05) is 19.1 Å². The van der Waals surface area contributed by atoms with Crippen LogP contribution in [0, 0.1) is 6.92 Å². The Morgan fingerprint density at radius 3 is 2.78 bits per heavy atom. The zero-order valence-corrected chi connectivity index (χ0v) is 11.4. The minimum atomic E-state index is 0.490. The zero-order chi connectivity index (χ0) is 13.0. The monoisotopic (exact) mass is 261 g/mol. The summed E-state index contributed by atoms with van der Waals surface area (Å²) >= 11 is 5.81. The second-order valence-electron chi connectivity index (χ2n) is 4.13. The first kappa shape index (κ1) is 12.9. The Morgan fingerprint density at radius 2 is 2.06 bits per heavy atom. The van der Waals surface area contributed by atoms with Crippen LogP contribution in [0.2, 0.25) is 0 Å². The first-order valence-corrected chi connectivity index (χ1v) is 6.55. The van der Waals surface area contributed by atoms with Gasteiger partial charge in [-0.25, -0.2) is 0 Å². The number of rotatable bonds is 4. The Hall–Kier alpha value is -1.54. The van der Waals surface area contributed by atoms with Gasteiger partial charge in [-0.3, -0.25) is 4.98 Å². The predicted molar refractivity (Wildman–Crippen MR) is 74.4 cm³/mol. The number of alkyl halides is 1. The molecule has 0 aliphatic rings. The zero-order valence-electron chi connectivity index (χ0n) is 10.6. The fourth-order valence-corrected chi connectivity index (χ4v) is 1.93. The Labute approximate surface area is 113 Å². The largest absolute Gasteiger partial charge is 0.455 e. The maximum atomic E-state index is 5.88. The number of hydrogen-bond donors (Lipinski definition) is 0. The highest BCUT2D eigenvalue weighted by molar-refractivity contribution is 6.17. The molecule has 0 unspecified atom stereocenters. The summed E-state index contributed by atoms with van der Waals surface area (Å²) in [6.45, 7) is 4.06. The highest BCUT2D eigenvalue weighted by atomic mass is 35.5. The molecule has 0 atom stereocenters. The topological polar surface area (TPSA) is 22.1 Å². The number of benzene rings is 1. The number of aromatic nitrogens is 1. The van der Waals surface area contributed by atoms with Crippen molar-refractivity contribution in [2.75, 3.05) is 0 Å². The molecule has 0 radical (unpaired) electrons. The van der Waals surface area contributed by atoms with Gasteiger partial charge in [0, 0.05) is 11.6 Å². The Bertz CT molecular complexity index is 540. The molecule has 0 spiro atoms. The van der Waals surface area contributed by atoms with Gasteiger partial charge in [-0.2, -0.15) is 0 Å². The van der Waals surface area contributed by atoms with E-state index >= 15 is 0 Å². The molecular formula is C15H16ClNO. The summed E-state index contributed by atoms with van der Waals surface area (Å²) in [7, 11) is 0. The van der Waals surface area contributed by atoms with E-state index in [1.165, 1.54) is 0 Å². The number of nitrogens with zero attached hydrogens (tertiary/aromatic N) is 1. The summed E-state index contributed by atoms with van der Waals surface area (Å²) in [6, 6.07) is 11.7. The smallest absolute Gasteiger partial charge is 0.148 e. The van der Waals surface area contributed by atoms with E-state index in [2.05, 4.69) is 11.9 Å². The Morgan fingerprint density at radius 1 is 1.22 bits per heavy atom. The predicted octanol–water partition coefficient (Wildman–Crippen LogP) is 4.48. The second-order valence-corrected chi connectivity index (χ2v) is 4.40. The van der Waals surface area contributed by atoms with Crippen molar-refractivity contribution in [3.8, 4) is 11.5 Å². The molecule has 2 nitrogen and oxygen atoms in total. The summed E-state index contributed by atoms with van der Waals surface area (Å²) < 4.78 is 5.88. The first-order valence-electron chi connectivity index (χ1n) is 6.02. The molecule has 94 valence electrons. The second kappa shape index (κ2) is 5.87. The third-order valence-electron chi connectivity index (χ3n) is 2.69. The van der Waals surface area contributed by atoms with Crippen LogP contribution >= 0.6 is 11.6 Å². The highest BCUT2D eigenvalue weighted by Gasteiger charge is 2.05. The van der Waals surface area contributed by atoms with Gasteiger partial charge in [0.1, 0.15) is 11.5 Å². The minimum Gasteiger partial charge on any atom is -0.455 e. The van der Waals surface area contributed by atoms with E-state index in [-0.39, 0.29) is 0 Å². The molecule has 0 saturated carbocycles. The lowest BCUT2D eigenvalue weighted by atomic mass is 10.2. The van der Waals surface area contributed by atoms with Crippen molar-refractivity contribution in [1.82, 2.24) is 4.98 Å². The van der Waals surface area contributed by atoms with E-state index in [1.807, 2.05) is 43.3 Å². The Balaban J connectivity index is 2.27. The highest BCUT2D eigenvalue weighted by Crippen LogP contribution is 2.25. The van der Waals surface area contributed by atoms with Gasteiger partial charge in [0.15, 0.2) is 0 Å². The molecule has 1 aromatic carbocycles. The van der Waals surface area contributed by atoms with Crippen LogP contribution in [0.3, 0.4) is 0 Å². The quantitative estimate of drug-likeness (QED) is 0.757. The van der Waals surface area contributed by atoms with Crippen LogP contribution < -0.4 is 4.74 Å². The van der Waals surface area contributed by atoms with Crippen LogP contribution in [0.25, 0.3) is 0 Å². The normalized spacial score (nSPS) is 10.4. The molecule has 0 aliphatic carbocycles. The van der Waals surface area contributed by atoms with E-state index in [9.17, 15) is 0 Å². The van der Waals surface area contributed by atoms with Crippen LogP contribution in [0.5, 0.6) is 11.5 Å². The summed E-state index contributed by atoms with van der Waals surface area (Å²) in [5.74, 6) is 2.10. The number of aryl methyl sites for hydroxylation is 2.